The maximum Gasteiger partial charge on any atom is 0.338 e. The van der Waals surface area contributed by atoms with Crippen molar-refractivity contribution in [3.8, 4) is 18.2 Å². The highest BCUT2D eigenvalue weighted by atomic mass is 16.5. The molecule has 0 saturated carbocycles. The van der Waals surface area contributed by atoms with Crippen molar-refractivity contribution in [1.82, 2.24) is 0 Å². The van der Waals surface area contributed by atoms with Gasteiger partial charge in [0.1, 0.15) is 23.9 Å². The van der Waals surface area contributed by atoms with E-state index in [1.807, 2.05) is 0 Å². The van der Waals surface area contributed by atoms with Crippen molar-refractivity contribution < 1.29 is 9.53 Å². The van der Waals surface area contributed by atoms with Gasteiger partial charge in [-0.05, 0) is 32.0 Å². The molecule has 6 nitrogen and oxygen atoms in total. The van der Waals surface area contributed by atoms with Gasteiger partial charge in [-0.3, -0.25) is 0 Å². The largest absolute Gasteiger partial charge is 0.459 e. The monoisotopic (exact) mass is 280 g/mol. The highest BCUT2D eigenvalue weighted by molar-refractivity contribution is 5.90. The molecule has 0 bridgehead atoms. The van der Waals surface area contributed by atoms with Gasteiger partial charge in [0.25, 0.3) is 0 Å². The molecule has 1 aromatic rings. The third-order valence-corrected chi connectivity index (χ3v) is 2.30. The van der Waals surface area contributed by atoms with Crippen LogP contribution in [0, 0.1) is 34.0 Å². The molecule has 0 aromatic heterocycles. The van der Waals surface area contributed by atoms with Crippen LogP contribution in [0.15, 0.2) is 35.5 Å². The minimum absolute atomic E-state index is 0.172. The SMILES string of the molecule is CC(C)OC(=O)c1cccc(NC(C#N)=C(C#N)C#N)c1. The molecule has 0 amide bonds. The molecule has 0 fully saturated rings. The van der Waals surface area contributed by atoms with Crippen molar-refractivity contribution in [3.05, 3.63) is 41.1 Å². The van der Waals surface area contributed by atoms with E-state index in [2.05, 4.69) is 5.32 Å². The van der Waals surface area contributed by atoms with Crippen LogP contribution in [0.2, 0.25) is 0 Å². The second-order valence-electron chi connectivity index (χ2n) is 4.25. The summed E-state index contributed by atoms with van der Waals surface area (Å²) >= 11 is 0. The second kappa shape index (κ2) is 7.33. The number of ether oxygens (including phenoxy) is 1. The number of nitrogens with zero attached hydrogens (tertiary/aromatic N) is 3. The Hall–Kier alpha value is -3.30. The number of hydrogen-bond donors (Lipinski definition) is 1. The van der Waals surface area contributed by atoms with Gasteiger partial charge in [0.05, 0.1) is 11.7 Å². The van der Waals surface area contributed by atoms with Gasteiger partial charge in [-0.1, -0.05) is 6.07 Å². The van der Waals surface area contributed by atoms with Crippen molar-refractivity contribution in [2.45, 2.75) is 20.0 Å². The highest BCUT2D eigenvalue weighted by Gasteiger charge is 2.11. The first-order valence-corrected chi connectivity index (χ1v) is 6.04. The number of nitriles is 3. The van der Waals surface area contributed by atoms with Gasteiger partial charge in [-0.2, -0.15) is 15.8 Å². The molecule has 0 spiro atoms. The van der Waals surface area contributed by atoms with E-state index in [-0.39, 0.29) is 17.4 Å². The Balaban J connectivity index is 3.05. The molecule has 1 N–H and O–H groups in total. The lowest BCUT2D eigenvalue weighted by molar-refractivity contribution is 0.0378. The average Bonchev–Trinajstić information content (AvgIpc) is 2.47. The van der Waals surface area contributed by atoms with Crippen LogP contribution < -0.4 is 5.32 Å². The lowest BCUT2D eigenvalue weighted by Gasteiger charge is -2.09. The van der Waals surface area contributed by atoms with Crippen molar-refractivity contribution in [3.63, 3.8) is 0 Å². The molecule has 0 saturated heterocycles. The van der Waals surface area contributed by atoms with Crippen molar-refractivity contribution in [1.29, 1.82) is 15.8 Å². The summed E-state index contributed by atoms with van der Waals surface area (Å²) in [4.78, 5) is 11.8. The zero-order valence-electron chi connectivity index (χ0n) is 11.5. The average molecular weight is 280 g/mol. The van der Waals surface area contributed by atoms with Crippen molar-refractivity contribution >= 4 is 11.7 Å². The van der Waals surface area contributed by atoms with E-state index in [1.54, 1.807) is 50.3 Å². The number of carbonyl (C=O) groups excluding carboxylic acids is 1. The van der Waals surface area contributed by atoms with E-state index >= 15 is 0 Å². The van der Waals surface area contributed by atoms with Gasteiger partial charge in [0, 0.05) is 5.69 Å². The topological polar surface area (TPSA) is 110 Å². The molecule has 0 aliphatic rings. The van der Waals surface area contributed by atoms with Crippen LogP contribution in [0.5, 0.6) is 0 Å². The number of nitrogens with one attached hydrogen (secondary N) is 1. The molecule has 0 aliphatic carbocycles. The smallest absolute Gasteiger partial charge is 0.338 e. The van der Waals surface area contributed by atoms with Gasteiger partial charge in [-0.25, -0.2) is 4.79 Å². The van der Waals surface area contributed by atoms with E-state index < -0.39 is 5.97 Å². The number of allylic oxidation sites excluding steroid dienone is 2. The summed E-state index contributed by atoms with van der Waals surface area (Å²) in [7, 11) is 0. The molecular formula is C15H12N4O2. The maximum absolute atomic E-state index is 11.8. The molecule has 0 radical (unpaired) electrons. The molecule has 0 atom stereocenters. The number of carbonyl (C=O) groups is 1. The summed E-state index contributed by atoms with van der Waals surface area (Å²) in [5.74, 6) is -0.489. The van der Waals surface area contributed by atoms with Gasteiger partial charge in [-0.15, -0.1) is 0 Å². The Labute approximate surface area is 122 Å². The van der Waals surface area contributed by atoms with Crippen LogP contribution in [0.3, 0.4) is 0 Å². The highest BCUT2D eigenvalue weighted by Crippen LogP contribution is 2.15. The zero-order chi connectivity index (χ0) is 15.8. The fourth-order valence-corrected chi connectivity index (χ4v) is 1.43. The number of benzene rings is 1. The Kier molecular flexibility index (Phi) is 5.50. The number of rotatable bonds is 4. The van der Waals surface area contributed by atoms with Gasteiger partial charge < -0.3 is 10.1 Å². The number of anilines is 1. The van der Waals surface area contributed by atoms with E-state index in [0.717, 1.165) is 0 Å². The van der Waals surface area contributed by atoms with E-state index in [0.29, 0.717) is 11.3 Å². The molecule has 1 rings (SSSR count). The molecular weight excluding hydrogens is 268 g/mol. The third-order valence-electron chi connectivity index (χ3n) is 2.30. The normalized spacial score (nSPS) is 8.95. The summed E-state index contributed by atoms with van der Waals surface area (Å²) in [6.07, 6.45) is -0.243. The molecule has 1 aromatic carbocycles. The molecule has 21 heavy (non-hydrogen) atoms. The Bertz CT molecular complexity index is 684. The second-order valence-corrected chi connectivity index (χ2v) is 4.25. The van der Waals surface area contributed by atoms with Crippen LogP contribution in [-0.4, -0.2) is 12.1 Å². The Morgan fingerprint density at radius 2 is 1.86 bits per heavy atom. The number of hydrogen-bond acceptors (Lipinski definition) is 6. The zero-order valence-corrected chi connectivity index (χ0v) is 11.5. The summed E-state index contributed by atoms with van der Waals surface area (Å²) in [6.45, 7) is 3.48. The van der Waals surface area contributed by atoms with Crippen molar-refractivity contribution in [2.24, 2.45) is 0 Å². The Morgan fingerprint density at radius 3 is 2.38 bits per heavy atom. The van der Waals surface area contributed by atoms with Gasteiger partial charge in [0.15, 0.2) is 5.57 Å². The molecule has 104 valence electrons. The first-order valence-electron chi connectivity index (χ1n) is 6.04. The van der Waals surface area contributed by atoms with Crippen LogP contribution >= 0.6 is 0 Å². The lowest BCUT2D eigenvalue weighted by atomic mass is 10.2. The van der Waals surface area contributed by atoms with E-state index in [9.17, 15) is 4.79 Å². The fourth-order valence-electron chi connectivity index (χ4n) is 1.43. The lowest BCUT2D eigenvalue weighted by Crippen LogP contribution is -2.12. The van der Waals surface area contributed by atoms with Crippen molar-refractivity contribution in [2.75, 3.05) is 5.32 Å². The summed E-state index contributed by atoms with van der Waals surface area (Å²) in [5, 5.41) is 29.1. The predicted octanol–water partition coefficient (Wildman–Crippen LogP) is 2.49. The quantitative estimate of drug-likeness (QED) is 0.670. The van der Waals surface area contributed by atoms with Crippen LogP contribution in [0.4, 0.5) is 5.69 Å². The summed E-state index contributed by atoms with van der Waals surface area (Å²) in [6, 6.07) is 11.3. The summed E-state index contributed by atoms with van der Waals surface area (Å²) < 4.78 is 5.06. The van der Waals surface area contributed by atoms with E-state index in [1.165, 1.54) is 6.07 Å². The maximum atomic E-state index is 11.8. The molecule has 0 heterocycles. The van der Waals surface area contributed by atoms with Crippen LogP contribution in [-0.2, 0) is 4.74 Å². The van der Waals surface area contributed by atoms with Crippen LogP contribution in [0.25, 0.3) is 0 Å². The number of esters is 1. The standard InChI is InChI=1S/C15H12N4O2/c1-10(2)21-15(20)11-4-3-5-13(6-11)19-14(9-18)12(7-16)8-17/h3-6,10,19H,1-2H3. The first-order chi connectivity index (χ1) is 10.0. The molecule has 6 heteroatoms. The molecule has 0 unspecified atom stereocenters. The predicted molar refractivity (Wildman–Crippen MR) is 74.5 cm³/mol. The minimum atomic E-state index is -0.489. The molecule has 0 aliphatic heterocycles. The van der Waals surface area contributed by atoms with Crippen LogP contribution in [0.1, 0.15) is 24.2 Å². The van der Waals surface area contributed by atoms with Gasteiger partial charge in [0.2, 0.25) is 0 Å². The summed E-state index contributed by atoms with van der Waals surface area (Å²) in [5.41, 5.74) is 0.219. The van der Waals surface area contributed by atoms with Gasteiger partial charge >= 0.3 is 5.97 Å². The first kappa shape index (κ1) is 15.8. The fraction of sp³-hybridized carbons (Fsp3) is 0.200. The third kappa shape index (κ3) is 4.38. The minimum Gasteiger partial charge on any atom is -0.459 e. The van der Waals surface area contributed by atoms with E-state index in [4.69, 9.17) is 20.5 Å². The Morgan fingerprint density at radius 1 is 1.19 bits per heavy atom.